The zero-order valence-corrected chi connectivity index (χ0v) is 17.0. The van der Waals surface area contributed by atoms with Crippen molar-refractivity contribution in [2.24, 2.45) is 4.99 Å². The average Bonchev–Trinajstić information content (AvgIpc) is 2.38. The van der Waals surface area contributed by atoms with Gasteiger partial charge in [-0.05, 0) is 19.4 Å². The largest absolute Gasteiger partial charge is 0.355 e. The zero-order chi connectivity index (χ0) is 16.1. The standard InChI is InChI=1S/C15H25N3O2S.HI/c1-15(2,21(5,19)20)12-17-14(18(3)4)16-11-13-9-7-6-8-10-13;/h6-10H,11-12H2,1-5H3,(H,16,17);1H. The van der Waals surface area contributed by atoms with Gasteiger partial charge in [0.15, 0.2) is 15.8 Å². The van der Waals surface area contributed by atoms with E-state index in [4.69, 9.17) is 0 Å². The van der Waals surface area contributed by atoms with E-state index in [2.05, 4.69) is 10.3 Å². The van der Waals surface area contributed by atoms with E-state index in [0.717, 1.165) is 5.56 Å². The van der Waals surface area contributed by atoms with E-state index in [9.17, 15) is 8.42 Å². The third-order valence-electron chi connectivity index (χ3n) is 3.35. The molecule has 0 unspecified atom stereocenters. The molecule has 0 saturated heterocycles. The number of sulfone groups is 1. The molecular weight excluding hydrogens is 413 g/mol. The Morgan fingerprint density at radius 1 is 1.23 bits per heavy atom. The van der Waals surface area contributed by atoms with Crippen molar-refractivity contribution in [1.82, 2.24) is 10.2 Å². The summed E-state index contributed by atoms with van der Waals surface area (Å²) >= 11 is 0. The summed E-state index contributed by atoms with van der Waals surface area (Å²) in [7, 11) is 0.632. The van der Waals surface area contributed by atoms with Crippen LogP contribution in [0.5, 0.6) is 0 Å². The summed E-state index contributed by atoms with van der Waals surface area (Å²) in [5, 5.41) is 3.13. The number of halogens is 1. The van der Waals surface area contributed by atoms with E-state index in [1.807, 2.05) is 49.3 Å². The molecule has 1 aromatic rings. The summed E-state index contributed by atoms with van der Waals surface area (Å²) in [6.07, 6.45) is 1.26. The maximum absolute atomic E-state index is 11.7. The molecule has 0 aliphatic rings. The smallest absolute Gasteiger partial charge is 0.193 e. The van der Waals surface area contributed by atoms with Crippen molar-refractivity contribution >= 4 is 39.8 Å². The Balaban J connectivity index is 0.00000441. The van der Waals surface area contributed by atoms with E-state index in [1.165, 1.54) is 6.26 Å². The van der Waals surface area contributed by atoms with Gasteiger partial charge in [0.05, 0.1) is 11.3 Å². The maximum Gasteiger partial charge on any atom is 0.193 e. The molecule has 22 heavy (non-hydrogen) atoms. The molecule has 0 amide bonds. The summed E-state index contributed by atoms with van der Waals surface area (Å²) in [6.45, 7) is 4.29. The van der Waals surface area contributed by atoms with Crippen molar-refractivity contribution in [3.05, 3.63) is 35.9 Å². The lowest BCUT2D eigenvalue weighted by atomic mass is 10.2. The van der Waals surface area contributed by atoms with Crippen LogP contribution in [0.2, 0.25) is 0 Å². The molecule has 0 aliphatic carbocycles. The fourth-order valence-electron chi connectivity index (χ4n) is 1.53. The Labute approximate surface area is 151 Å². The number of hydrogen-bond donors (Lipinski definition) is 1. The number of benzene rings is 1. The number of hydrogen-bond acceptors (Lipinski definition) is 3. The zero-order valence-electron chi connectivity index (χ0n) is 13.8. The van der Waals surface area contributed by atoms with Crippen LogP contribution in [0.15, 0.2) is 35.3 Å². The Hall–Kier alpha value is -0.830. The highest BCUT2D eigenvalue weighted by Gasteiger charge is 2.30. The summed E-state index contributed by atoms with van der Waals surface area (Å²) in [4.78, 5) is 6.36. The van der Waals surface area contributed by atoms with Crippen molar-refractivity contribution in [3.63, 3.8) is 0 Å². The first-order valence-electron chi connectivity index (χ1n) is 6.82. The minimum Gasteiger partial charge on any atom is -0.355 e. The van der Waals surface area contributed by atoms with Crippen molar-refractivity contribution in [1.29, 1.82) is 0 Å². The number of nitrogens with zero attached hydrogens (tertiary/aromatic N) is 2. The van der Waals surface area contributed by atoms with Crippen LogP contribution < -0.4 is 5.32 Å². The van der Waals surface area contributed by atoms with Crippen LogP contribution in [0.4, 0.5) is 0 Å². The molecule has 1 rings (SSSR count). The molecule has 0 saturated carbocycles. The first kappa shape index (κ1) is 21.2. The fourth-order valence-corrected chi connectivity index (χ4v) is 1.86. The first-order valence-corrected chi connectivity index (χ1v) is 8.72. The highest BCUT2D eigenvalue weighted by molar-refractivity contribution is 14.0. The molecule has 0 radical (unpaired) electrons. The molecule has 0 spiro atoms. The van der Waals surface area contributed by atoms with Gasteiger partial charge in [-0.1, -0.05) is 30.3 Å². The van der Waals surface area contributed by atoms with E-state index in [0.29, 0.717) is 19.0 Å². The molecule has 0 heterocycles. The van der Waals surface area contributed by atoms with Gasteiger partial charge in [-0.3, -0.25) is 0 Å². The van der Waals surface area contributed by atoms with Gasteiger partial charge in [0, 0.05) is 26.9 Å². The van der Waals surface area contributed by atoms with Crippen molar-refractivity contribution in [2.45, 2.75) is 25.1 Å². The summed E-state index contributed by atoms with van der Waals surface area (Å²) in [5.41, 5.74) is 1.11. The molecule has 0 aromatic heterocycles. The highest BCUT2D eigenvalue weighted by Crippen LogP contribution is 2.13. The Morgan fingerprint density at radius 2 is 1.77 bits per heavy atom. The predicted octanol–water partition coefficient (Wildman–Crippen LogP) is 2.14. The van der Waals surface area contributed by atoms with Crippen LogP contribution in [-0.2, 0) is 16.4 Å². The quantitative estimate of drug-likeness (QED) is 0.434. The summed E-state index contributed by atoms with van der Waals surface area (Å²) in [5.74, 6) is 0.676. The number of rotatable bonds is 5. The van der Waals surface area contributed by atoms with Crippen LogP contribution in [0, 0.1) is 0 Å². The van der Waals surface area contributed by atoms with Crippen LogP contribution in [0.3, 0.4) is 0 Å². The minimum atomic E-state index is -3.13. The molecule has 5 nitrogen and oxygen atoms in total. The van der Waals surface area contributed by atoms with E-state index < -0.39 is 14.6 Å². The van der Waals surface area contributed by atoms with Crippen LogP contribution in [0.1, 0.15) is 19.4 Å². The van der Waals surface area contributed by atoms with Gasteiger partial charge in [0.25, 0.3) is 0 Å². The van der Waals surface area contributed by atoms with Crippen LogP contribution in [0.25, 0.3) is 0 Å². The van der Waals surface area contributed by atoms with E-state index in [-0.39, 0.29) is 24.0 Å². The molecule has 1 N–H and O–H groups in total. The van der Waals surface area contributed by atoms with Gasteiger partial charge in [-0.25, -0.2) is 13.4 Å². The second-order valence-corrected chi connectivity index (χ2v) is 8.55. The lowest BCUT2D eigenvalue weighted by Gasteiger charge is -2.26. The minimum absolute atomic E-state index is 0. The topological polar surface area (TPSA) is 61.8 Å². The number of aliphatic imine (C=N–C) groups is 1. The Bertz CT molecular complexity index is 584. The normalized spacial score (nSPS) is 12.5. The van der Waals surface area contributed by atoms with Gasteiger partial charge in [0.2, 0.25) is 0 Å². The van der Waals surface area contributed by atoms with Crippen LogP contribution in [-0.4, -0.2) is 50.9 Å². The van der Waals surface area contributed by atoms with Crippen LogP contribution >= 0.6 is 24.0 Å². The second-order valence-electron chi connectivity index (χ2n) is 5.91. The van der Waals surface area contributed by atoms with Gasteiger partial charge in [0.1, 0.15) is 0 Å². The Morgan fingerprint density at radius 3 is 2.23 bits per heavy atom. The molecule has 0 aliphatic heterocycles. The average molecular weight is 439 g/mol. The van der Waals surface area contributed by atoms with Gasteiger partial charge in [-0.2, -0.15) is 0 Å². The summed E-state index contributed by atoms with van der Waals surface area (Å²) in [6, 6.07) is 9.93. The Kier molecular flexibility index (Phi) is 8.38. The predicted molar refractivity (Wildman–Crippen MR) is 104 cm³/mol. The van der Waals surface area contributed by atoms with Gasteiger partial charge in [-0.15, -0.1) is 24.0 Å². The summed E-state index contributed by atoms with van der Waals surface area (Å²) < 4.78 is 22.6. The number of nitrogens with one attached hydrogen (secondary N) is 1. The molecule has 7 heteroatoms. The molecular formula is C15H26IN3O2S. The van der Waals surface area contributed by atoms with Gasteiger partial charge >= 0.3 is 0 Å². The first-order chi connectivity index (χ1) is 9.63. The lowest BCUT2D eigenvalue weighted by Crippen LogP contribution is -2.47. The van der Waals surface area contributed by atoms with E-state index in [1.54, 1.807) is 13.8 Å². The molecule has 0 fully saturated rings. The molecule has 1 aromatic carbocycles. The maximum atomic E-state index is 11.7. The third kappa shape index (κ3) is 6.51. The van der Waals surface area contributed by atoms with Gasteiger partial charge < -0.3 is 10.2 Å². The third-order valence-corrected chi connectivity index (χ3v) is 5.51. The molecule has 126 valence electrons. The van der Waals surface area contributed by atoms with Crippen molar-refractivity contribution < 1.29 is 8.42 Å². The van der Waals surface area contributed by atoms with Crippen molar-refractivity contribution in [3.8, 4) is 0 Å². The SMILES string of the molecule is CN(C)C(=NCc1ccccc1)NCC(C)(C)S(C)(=O)=O.I. The molecule has 0 atom stereocenters. The monoisotopic (exact) mass is 439 g/mol. The lowest BCUT2D eigenvalue weighted by molar-refractivity contribution is 0.526. The number of guanidine groups is 1. The molecule has 0 bridgehead atoms. The van der Waals surface area contributed by atoms with Crippen molar-refractivity contribution in [2.75, 3.05) is 26.9 Å². The van der Waals surface area contributed by atoms with E-state index >= 15 is 0 Å². The second kappa shape index (κ2) is 8.71. The fraction of sp³-hybridized carbons (Fsp3) is 0.533. The highest BCUT2D eigenvalue weighted by atomic mass is 127.